The van der Waals surface area contributed by atoms with Gasteiger partial charge in [-0.05, 0) is 30.2 Å². The number of hydrogen-bond acceptors (Lipinski definition) is 4. The third-order valence-electron chi connectivity index (χ3n) is 4.56. The second-order valence-corrected chi connectivity index (χ2v) is 7.15. The van der Waals surface area contributed by atoms with Crippen molar-refractivity contribution >= 4 is 5.96 Å². The first-order valence-corrected chi connectivity index (χ1v) is 9.42. The highest BCUT2D eigenvalue weighted by atomic mass is 16.5. The standard InChI is InChI=1S/C22H31N3O3/c1-6-23-21(25-15-22(2,3)17-10-8-7-9-11-17)24-14-16-12-18(27-4)20(26)19(13-16)28-5/h7-13,26H,6,14-15H2,1-5H3,(H2,23,24,25). The van der Waals surface area contributed by atoms with E-state index < -0.39 is 0 Å². The van der Waals surface area contributed by atoms with Gasteiger partial charge in [0.15, 0.2) is 17.5 Å². The van der Waals surface area contributed by atoms with Gasteiger partial charge in [-0.3, -0.25) is 0 Å². The van der Waals surface area contributed by atoms with Crippen LogP contribution in [-0.2, 0) is 12.0 Å². The number of phenols is 1. The zero-order chi connectivity index (χ0) is 20.6. The predicted molar refractivity (Wildman–Crippen MR) is 113 cm³/mol. The number of aromatic hydroxyl groups is 1. The summed E-state index contributed by atoms with van der Waals surface area (Å²) >= 11 is 0. The highest BCUT2D eigenvalue weighted by Gasteiger charge is 2.20. The smallest absolute Gasteiger partial charge is 0.200 e. The largest absolute Gasteiger partial charge is 0.502 e. The Bertz CT molecular complexity index is 764. The maximum absolute atomic E-state index is 10.0. The zero-order valence-electron chi connectivity index (χ0n) is 17.4. The van der Waals surface area contributed by atoms with Crippen molar-refractivity contribution in [1.82, 2.24) is 10.6 Å². The van der Waals surface area contributed by atoms with Crippen LogP contribution in [0, 0.1) is 0 Å². The summed E-state index contributed by atoms with van der Waals surface area (Å²) in [7, 11) is 3.03. The fourth-order valence-electron chi connectivity index (χ4n) is 2.85. The van der Waals surface area contributed by atoms with Crippen LogP contribution in [0.2, 0.25) is 0 Å². The maximum Gasteiger partial charge on any atom is 0.200 e. The van der Waals surface area contributed by atoms with Crippen molar-refractivity contribution in [3.63, 3.8) is 0 Å². The van der Waals surface area contributed by atoms with Gasteiger partial charge in [0, 0.05) is 18.5 Å². The van der Waals surface area contributed by atoms with Crippen LogP contribution in [0.4, 0.5) is 0 Å². The second-order valence-electron chi connectivity index (χ2n) is 7.15. The molecule has 0 fully saturated rings. The number of aliphatic imine (C=N–C) groups is 1. The van der Waals surface area contributed by atoms with Gasteiger partial charge in [-0.2, -0.15) is 0 Å². The van der Waals surface area contributed by atoms with E-state index in [1.807, 2.05) is 13.0 Å². The van der Waals surface area contributed by atoms with E-state index in [0.717, 1.165) is 24.6 Å². The van der Waals surface area contributed by atoms with Crippen LogP contribution in [-0.4, -0.2) is 38.4 Å². The molecule has 0 saturated heterocycles. The quantitative estimate of drug-likeness (QED) is 0.479. The number of guanidine groups is 1. The number of methoxy groups -OCH3 is 2. The summed E-state index contributed by atoms with van der Waals surface area (Å²) in [6, 6.07) is 13.9. The number of phenolic OH excluding ortho intramolecular Hbond substituents is 1. The lowest BCUT2D eigenvalue weighted by atomic mass is 9.85. The van der Waals surface area contributed by atoms with Crippen molar-refractivity contribution in [2.75, 3.05) is 27.3 Å². The van der Waals surface area contributed by atoms with Gasteiger partial charge in [0.25, 0.3) is 0 Å². The van der Waals surface area contributed by atoms with Crippen LogP contribution in [0.15, 0.2) is 47.5 Å². The molecule has 0 amide bonds. The van der Waals surface area contributed by atoms with E-state index in [1.165, 1.54) is 19.8 Å². The number of hydrogen-bond donors (Lipinski definition) is 3. The lowest BCUT2D eigenvalue weighted by Gasteiger charge is -2.26. The van der Waals surface area contributed by atoms with Crippen LogP contribution in [0.1, 0.15) is 31.9 Å². The first kappa shape index (κ1) is 21.4. The molecule has 0 spiro atoms. The Morgan fingerprint density at radius 2 is 1.64 bits per heavy atom. The first-order chi connectivity index (χ1) is 13.4. The van der Waals surface area contributed by atoms with Gasteiger partial charge in [-0.15, -0.1) is 0 Å². The molecule has 0 aliphatic heterocycles. The molecule has 0 saturated carbocycles. The zero-order valence-corrected chi connectivity index (χ0v) is 17.4. The summed E-state index contributed by atoms with van der Waals surface area (Å²) in [5, 5.41) is 16.7. The molecule has 0 unspecified atom stereocenters. The van der Waals surface area contributed by atoms with Gasteiger partial charge in [0.05, 0.1) is 20.8 Å². The Labute approximate surface area is 167 Å². The van der Waals surface area contributed by atoms with E-state index in [1.54, 1.807) is 12.1 Å². The van der Waals surface area contributed by atoms with Gasteiger partial charge in [0.1, 0.15) is 0 Å². The molecule has 6 heteroatoms. The molecule has 28 heavy (non-hydrogen) atoms. The summed E-state index contributed by atoms with van der Waals surface area (Å²) in [5.74, 6) is 1.46. The second kappa shape index (κ2) is 9.88. The maximum atomic E-state index is 10.0. The molecular formula is C22H31N3O3. The first-order valence-electron chi connectivity index (χ1n) is 9.42. The molecule has 0 heterocycles. The average molecular weight is 386 g/mol. The molecule has 0 aliphatic carbocycles. The summed E-state index contributed by atoms with van der Waals surface area (Å²) in [6.07, 6.45) is 0. The Morgan fingerprint density at radius 1 is 1.04 bits per heavy atom. The third-order valence-corrected chi connectivity index (χ3v) is 4.56. The molecule has 0 radical (unpaired) electrons. The van der Waals surface area contributed by atoms with Gasteiger partial charge in [-0.1, -0.05) is 44.2 Å². The summed E-state index contributed by atoms with van der Waals surface area (Å²) < 4.78 is 10.4. The molecule has 2 rings (SSSR count). The van der Waals surface area contributed by atoms with E-state index in [2.05, 4.69) is 53.7 Å². The van der Waals surface area contributed by atoms with E-state index in [0.29, 0.717) is 18.0 Å². The molecule has 0 bridgehead atoms. The van der Waals surface area contributed by atoms with Crippen LogP contribution < -0.4 is 20.1 Å². The topological polar surface area (TPSA) is 75.1 Å². The summed E-state index contributed by atoms with van der Waals surface area (Å²) in [5.41, 5.74) is 2.11. The SMILES string of the molecule is CCNC(=NCc1cc(OC)c(O)c(OC)c1)NCC(C)(C)c1ccccc1. The van der Waals surface area contributed by atoms with Crippen molar-refractivity contribution in [1.29, 1.82) is 0 Å². The van der Waals surface area contributed by atoms with Crippen LogP contribution in [0.25, 0.3) is 0 Å². The van der Waals surface area contributed by atoms with Crippen LogP contribution in [0.3, 0.4) is 0 Å². The Morgan fingerprint density at radius 3 is 2.18 bits per heavy atom. The number of rotatable bonds is 8. The van der Waals surface area contributed by atoms with E-state index in [-0.39, 0.29) is 11.2 Å². The van der Waals surface area contributed by atoms with Gasteiger partial charge in [-0.25, -0.2) is 4.99 Å². The van der Waals surface area contributed by atoms with Crippen LogP contribution >= 0.6 is 0 Å². The van der Waals surface area contributed by atoms with Gasteiger partial charge < -0.3 is 25.2 Å². The number of nitrogens with one attached hydrogen (secondary N) is 2. The number of nitrogens with zero attached hydrogens (tertiary/aromatic N) is 1. The van der Waals surface area contributed by atoms with E-state index in [4.69, 9.17) is 9.47 Å². The Kier molecular flexibility index (Phi) is 7.55. The lowest BCUT2D eigenvalue weighted by molar-refractivity contribution is 0.339. The fourth-order valence-corrected chi connectivity index (χ4v) is 2.85. The van der Waals surface area contributed by atoms with Gasteiger partial charge >= 0.3 is 0 Å². The van der Waals surface area contributed by atoms with Crippen molar-refractivity contribution in [2.45, 2.75) is 32.7 Å². The molecule has 0 atom stereocenters. The lowest BCUT2D eigenvalue weighted by Crippen LogP contribution is -2.43. The molecule has 6 nitrogen and oxygen atoms in total. The van der Waals surface area contributed by atoms with E-state index >= 15 is 0 Å². The minimum atomic E-state index is -0.0393. The normalized spacial score (nSPS) is 11.8. The average Bonchev–Trinajstić information content (AvgIpc) is 2.71. The highest BCUT2D eigenvalue weighted by Crippen LogP contribution is 2.37. The third kappa shape index (κ3) is 5.55. The summed E-state index contributed by atoms with van der Waals surface area (Å²) in [6.45, 7) is 8.37. The fraction of sp³-hybridized carbons (Fsp3) is 0.409. The number of ether oxygens (including phenoxy) is 2. The highest BCUT2D eigenvalue weighted by molar-refractivity contribution is 5.79. The predicted octanol–water partition coefficient (Wildman–Crippen LogP) is 3.44. The van der Waals surface area contributed by atoms with E-state index in [9.17, 15) is 5.11 Å². The molecule has 152 valence electrons. The molecular weight excluding hydrogens is 354 g/mol. The Balaban J connectivity index is 2.12. The monoisotopic (exact) mass is 385 g/mol. The summed E-state index contributed by atoms with van der Waals surface area (Å²) in [4.78, 5) is 4.66. The molecule has 2 aromatic rings. The minimum absolute atomic E-state index is 0.00706. The van der Waals surface area contributed by atoms with Crippen molar-refractivity contribution in [3.05, 3.63) is 53.6 Å². The molecule has 0 aromatic heterocycles. The molecule has 2 aromatic carbocycles. The van der Waals surface area contributed by atoms with Crippen molar-refractivity contribution < 1.29 is 14.6 Å². The van der Waals surface area contributed by atoms with Crippen molar-refractivity contribution in [3.8, 4) is 17.2 Å². The van der Waals surface area contributed by atoms with Crippen LogP contribution in [0.5, 0.6) is 17.2 Å². The molecule has 0 aliphatic rings. The molecule has 3 N–H and O–H groups in total. The Hall–Kier alpha value is -2.89. The number of benzene rings is 2. The van der Waals surface area contributed by atoms with Gasteiger partial charge in [0.2, 0.25) is 5.75 Å². The minimum Gasteiger partial charge on any atom is -0.502 e. The van der Waals surface area contributed by atoms with Crippen molar-refractivity contribution in [2.24, 2.45) is 4.99 Å².